The van der Waals surface area contributed by atoms with Crippen LogP contribution in [0, 0.1) is 17.8 Å². The summed E-state index contributed by atoms with van der Waals surface area (Å²) in [5.41, 5.74) is 9.20. The summed E-state index contributed by atoms with van der Waals surface area (Å²) < 4.78 is 11.7. The van der Waals surface area contributed by atoms with E-state index in [4.69, 9.17) is 20.0 Å². The van der Waals surface area contributed by atoms with Crippen molar-refractivity contribution in [2.75, 3.05) is 60.3 Å². The van der Waals surface area contributed by atoms with Crippen LogP contribution in [0.2, 0.25) is 0 Å². The molecule has 1 saturated heterocycles. The van der Waals surface area contributed by atoms with Gasteiger partial charge in [-0.3, -0.25) is 38.5 Å². The van der Waals surface area contributed by atoms with Gasteiger partial charge in [-0.15, -0.1) is 0 Å². The SMILES string of the molecule is CCC(C)C(C(CC(=O)N1CCCC1C(OC)C(C)C(=O)NCC(=O)NOCc1ccc(NC(=O)[C@@H](C)N)cc1)OC)N(C)C(=O)CNC(=O)C(C(C)C)N(C)C. The molecule has 8 atom stereocenters. The molecule has 2 rings (SSSR count). The van der Waals surface area contributed by atoms with Crippen molar-refractivity contribution in [2.45, 2.75) is 110 Å². The summed E-state index contributed by atoms with van der Waals surface area (Å²) in [6, 6.07) is 4.94. The van der Waals surface area contributed by atoms with E-state index in [2.05, 4.69) is 21.4 Å². The molecule has 1 aromatic rings. The fourth-order valence-electron chi connectivity index (χ4n) is 7.36. The molecule has 1 aliphatic rings. The number of benzene rings is 1. The number of carbonyl (C=O) groups is 6. The van der Waals surface area contributed by atoms with E-state index in [1.54, 1.807) is 55.0 Å². The summed E-state index contributed by atoms with van der Waals surface area (Å²) >= 11 is 0. The number of likely N-dealkylation sites (N-methyl/N-ethyl adjacent to an activating group) is 2. The van der Waals surface area contributed by atoms with Crippen molar-refractivity contribution < 1.29 is 43.1 Å². The van der Waals surface area contributed by atoms with Crippen LogP contribution in [0.3, 0.4) is 0 Å². The van der Waals surface area contributed by atoms with Crippen LogP contribution in [0.1, 0.15) is 72.8 Å². The van der Waals surface area contributed by atoms with Crippen LogP contribution in [0.4, 0.5) is 5.69 Å². The predicted octanol–water partition coefficient (Wildman–Crippen LogP) is 1.26. The predicted molar refractivity (Wildman–Crippen MR) is 216 cm³/mol. The maximum Gasteiger partial charge on any atom is 0.262 e. The van der Waals surface area contributed by atoms with E-state index in [9.17, 15) is 28.8 Å². The van der Waals surface area contributed by atoms with Crippen molar-refractivity contribution in [2.24, 2.45) is 23.5 Å². The van der Waals surface area contributed by atoms with Gasteiger partial charge in [0.05, 0.1) is 68.4 Å². The Morgan fingerprint density at radius 3 is 2.07 bits per heavy atom. The van der Waals surface area contributed by atoms with Gasteiger partial charge >= 0.3 is 0 Å². The molecule has 6 amide bonds. The first-order valence-corrected chi connectivity index (χ1v) is 19.8. The Morgan fingerprint density at radius 2 is 1.53 bits per heavy atom. The number of nitrogens with two attached hydrogens (primary N) is 1. The largest absolute Gasteiger partial charge is 0.379 e. The zero-order valence-electron chi connectivity index (χ0n) is 35.8. The quantitative estimate of drug-likeness (QED) is 0.0994. The average Bonchev–Trinajstić information content (AvgIpc) is 3.65. The molecule has 7 unspecified atom stereocenters. The molecule has 0 radical (unpaired) electrons. The standard InChI is InChI=1S/C40H68N8O9/c1-12-25(4)36(47(9)34(51)22-43-40(54)35(24(2)3)46(7)8)31(55-10)20-33(50)48-19-13-14-30(48)37(56-11)26(5)38(52)42-21-32(49)45-57-23-28-15-17-29(18-16-28)44-39(53)27(6)41/h15-18,24-27,30-31,35-37H,12-14,19-23,41H2,1-11H3,(H,42,52)(H,43,54)(H,44,53)(H,45,49)/t25?,26?,27-,30?,31?,35?,36?,37?/m1/s1. The van der Waals surface area contributed by atoms with Crippen LogP contribution in [0.25, 0.3) is 0 Å². The van der Waals surface area contributed by atoms with E-state index in [0.717, 1.165) is 12.0 Å². The van der Waals surface area contributed by atoms with Gasteiger partial charge in [0.25, 0.3) is 5.91 Å². The van der Waals surface area contributed by atoms with Crippen molar-refractivity contribution in [3.63, 3.8) is 0 Å². The number of anilines is 1. The number of methoxy groups -OCH3 is 2. The first-order valence-electron chi connectivity index (χ1n) is 19.8. The van der Waals surface area contributed by atoms with Gasteiger partial charge in [0.1, 0.15) is 0 Å². The van der Waals surface area contributed by atoms with Gasteiger partial charge in [-0.05, 0) is 63.4 Å². The van der Waals surface area contributed by atoms with Gasteiger partial charge in [-0.2, -0.15) is 0 Å². The third kappa shape index (κ3) is 14.6. The fourth-order valence-corrected chi connectivity index (χ4v) is 7.36. The second-order valence-corrected chi connectivity index (χ2v) is 15.5. The Hall–Kier alpha value is -4.16. The Labute approximate surface area is 338 Å². The highest BCUT2D eigenvalue weighted by Gasteiger charge is 2.42. The molecule has 1 fully saturated rings. The highest BCUT2D eigenvalue weighted by atomic mass is 16.6. The van der Waals surface area contributed by atoms with Crippen LogP contribution in [-0.4, -0.2) is 142 Å². The van der Waals surface area contributed by atoms with Crippen LogP contribution in [-0.2, 0) is 49.7 Å². The highest BCUT2D eigenvalue weighted by Crippen LogP contribution is 2.29. The van der Waals surface area contributed by atoms with Crippen LogP contribution in [0.15, 0.2) is 24.3 Å². The van der Waals surface area contributed by atoms with Gasteiger partial charge < -0.3 is 41.0 Å². The normalized spacial score (nSPS) is 17.9. The van der Waals surface area contributed by atoms with Crippen molar-refractivity contribution in [1.29, 1.82) is 0 Å². The topological polar surface area (TPSA) is 214 Å². The zero-order chi connectivity index (χ0) is 43.0. The van der Waals surface area contributed by atoms with Crippen molar-refractivity contribution in [1.82, 2.24) is 30.8 Å². The molecule has 0 bridgehead atoms. The molecule has 322 valence electrons. The molecule has 1 aromatic carbocycles. The second kappa shape index (κ2) is 23.9. The minimum absolute atomic E-state index is 0.00646. The molecule has 1 aliphatic heterocycles. The summed E-state index contributed by atoms with van der Waals surface area (Å²) in [4.78, 5) is 88.3. The molecule has 6 N–H and O–H groups in total. The Bertz CT molecular complexity index is 1470. The van der Waals surface area contributed by atoms with Crippen molar-refractivity contribution in [3.05, 3.63) is 29.8 Å². The van der Waals surface area contributed by atoms with E-state index in [-0.39, 0.29) is 67.6 Å². The lowest BCUT2D eigenvalue weighted by molar-refractivity contribution is -0.146. The van der Waals surface area contributed by atoms with E-state index in [0.29, 0.717) is 25.1 Å². The fraction of sp³-hybridized carbons (Fsp3) is 0.700. The molecule has 0 aromatic heterocycles. The molecule has 0 aliphatic carbocycles. The van der Waals surface area contributed by atoms with E-state index < -0.39 is 48.1 Å². The second-order valence-electron chi connectivity index (χ2n) is 15.5. The minimum atomic E-state index is -0.712. The number of amides is 6. The molecule has 1 heterocycles. The first-order chi connectivity index (χ1) is 26.9. The molecule has 17 heteroatoms. The van der Waals surface area contributed by atoms with Gasteiger partial charge in [0.2, 0.25) is 29.5 Å². The summed E-state index contributed by atoms with van der Waals surface area (Å²) in [5, 5.41) is 8.10. The molecule has 0 saturated carbocycles. The number of hydroxylamine groups is 1. The smallest absolute Gasteiger partial charge is 0.262 e. The van der Waals surface area contributed by atoms with Crippen LogP contribution in [0.5, 0.6) is 0 Å². The summed E-state index contributed by atoms with van der Waals surface area (Å²) in [6.45, 7) is 11.2. The number of hydrogen-bond acceptors (Lipinski definition) is 11. The van der Waals surface area contributed by atoms with E-state index in [1.807, 2.05) is 46.7 Å². The third-order valence-electron chi connectivity index (χ3n) is 10.7. The number of hydrogen-bond donors (Lipinski definition) is 5. The highest BCUT2D eigenvalue weighted by molar-refractivity contribution is 5.94. The lowest BCUT2D eigenvalue weighted by Gasteiger charge is -2.39. The van der Waals surface area contributed by atoms with Gasteiger partial charge in [0.15, 0.2) is 0 Å². The van der Waals surface area contributed by atoms with Crippen LogP contribution >= 0.6 is 0 Å². The van der Waals surface area contributed by atoms with Crippen molar-refractivity contribution in [3.8, 4) is 0 Å². The molecular weight excluding hydrogens is 736 g/mol. The summed E-state index contributed by atoms with van der Waals surface area (Å²) in [5.74, 6) is -2.71. The lowest BCUT2D eigenvalue weighted by atomic mass is 9.90. The van der Waals surface area contributed by atoms with E-state index in [1.165, 1.54) is 14.2 Å². The first kappa shape index (κ1) is 49.0. The van der Waals surface area contributed by atoms with Gasteiger partial charge in [-0.1, -0.05) is 53.2 Å². The zero-order valence-corrected chi connectivity index (χ0v) is 35.8. The summed E-state index contributed by atoms with van der Waals surface area (Å²) in [6.07, 6.45) is 0.742. The van der Waals surface area contributed by atoms with Crippen molar-refractivity contribution >= 4 is 41.1 Å². The number of rotatable bonds is 23. The third-order valence-corrected chi connectivity index (χ3v) is 10.7. The molecular formula is C40H68N8O9. The molecule has 0 spiro atoms. The van der Waals surface area contributed by atoms with Gasteiger partial charge in [-0.25, -0.2) is 5.48 Å². The number of carbonyl (C=O) groups excluding carboxylic acids is 6. The Balaban J connectivity index is 1.99. The monoisotopic (exact) mass is 805 g/mol. The molecule has 57 heavy (non-hydrogen) atoms. The maximum absolute atomic E-state index is 14.0. The summed E-state index contributed by atoms with van der Waals surface area (Å²) in [7, 11) is 8.34. The van der Waals surface area contributed by atoms with Gasteiger partial charge in [0, 0.05) is 33.5 Å². The number of nitrogens with zero attached hydrogens (tertiary/aromatic N) is 3. The lowest BCUT2D eigenvalue weighted by Crippen LogP contribution is -2.55. The minimum Gasteiger partial charge on any atom is -0.379 e. The number of likely N-dealkylation sites (tertiary alicyclic amines) is 1. The maximum atomic E-state index is 14.0. The Morgan fingerprint density at radius 1 is 0.895 bits per heavy atom. The number of ether oxygens (including phenoxy) is 2. The average molecular weight is 805 g/mol. The van der Waals surface area contributed by atoms with E-state index >= 15 is 0 Å². The van der Waals surface area contributed by atoms with Crippen LogP contribution < -0.4 is 27.2 Å². The number of nitrogens with one attached hydrogen (secondary N) is 4. The Kier molecular flexibility index (Phi) is 20.6. The molecule has 17 nitrogen and oxygen atoms in total.